The number of carbonyl (C=O) groups excluding carboxylic acids is 1. The van der Waals surface area contributed by atoms with Crippen LogP contribution in [-0.2, 0) is 4.79 Å². The van der Waals surface area contributed by atoms with Gasteiger partial charge in [-0.2, -0.15) is 0 Å². The van der Waals surface area contributed by atoms with Crippen molar-refractivity contribution in [3.8, 4) is 0 Å². The van der Waals surface area contributed by atoms with Gasteiger partial charge < -0.3 is 15.0 Å². The average Bonchev–Trinajstić information content (AvgIpc) is 2.45. The summed E-state index contributed by atoms with van der Waals surface area (Å²) in [4.78, 5) is 10.2. The van der Waals surface area contributed by atoms with Gasteiger partial charge in [-0.25, -0.2) is 0 Å². The van der Waals surface area contributed by atoms with Crippen LogP contribution in [0.2, 0.25) is 0 Å². The van der Waals surface area contributed by atoms with E-state index in [0.29, 0.717) is 0 Å². The molecule has 0 saturated heterocycles. The monoisotopic (exact) mass is 320 g/mol. The summed E-state index contributed by atoms with van der Waals surface area (Å²) in [6.07, 6.45) is 17.0. The second-order valence-corrected chi connectivity index (χ2v) is 5.89. The van der Waals surface area contributed by atoms with Gasteiger partial charge >= 0.3 is 29.6 Å². The molecule has 1 N–H and O–H groups in total. The largest absolute Gasteiger partial charge is 1.00 e. The van der Waals surface area contributed by atoms with Crippen LogP contribution in [0.25, 0.3) is 0 Å². The fourth-order valence-corrected chi connectivity index (χ4v) is 2.36. The molecule has 1 atom stereocenters. The van der Waals surface area contributed by atoms with Crippen molar-refractivity contribution in [3.05, 3.63) is 12.2 Å². The van der Waals surface area contributed by atoms with Crippen molar-refractivity contribution in [1.82, 2.24) is 0 Å². The molecule has 22 heavy (non-hydrogen) atoms. The van der Waals surface area contributed by atoms with Crippen LogP contribution >= 0.6 is 0 Å². The molecule has 0 spiro atoms. The Hall–Kier alpha value is 0.170. The Labute approximate surface area is 158 Å². The maximum absolute atomic E-state index is 10.2. The van der Waals surface area contributed by atoms with Crippen LogP contribution in [0.15, 0.2) is 12.2 Å². The summed E-state index contributed by atoms with van der Waals surface area (Å²) >= 11 is 0. The van der Waals surface area contributed by atoms with Gasteiger partial charge in [-0.1, -0.05) is 64.0 Å². The van der Waals surface area contributed by atoms with Crippen molar-refractivity contribution >= 4 is 5.97 Å². The second kappa shape index (κ2) is 19.2. The van der Waals surface area contributed by atoms with Crippen molar-refractivity contribution in [2.24, 2.45) is 0 Å². The van der Waals surface area contributed by atoms with Gasteiger partial charge in [-0.3, -0.25) is 0 Å². The van der Waals surface area contributed by atoms with E-state index >= 15 is 0 Å². The number of hydrogen-bond acceptors (Lipinski definition) is 3. The van der Waals surface area contributed by atoms with E-state index in [1.807, 2.05) is 0 Å². The molecule has 0 aliphatic rings. The number of unbranched alkanes of at least 4 members (excludes halogenated alkanes) is 8. The van der Waals surface area contributed by atoms with E-state index in [-0.39, 0.29) is 42.1 Å². The molecule has 0 fully saturated rings. The van der Waals surface area contributed by atoms with E-state index in [2.05, 4.69) is 19.1 Å². The third-order valence-corrected chi connectivity index (χ3v) is 3.72. The Morgan fingerprint density at radius 1 is 1.00 bits per heavy atom. The summed E-state index contributed by atoms with van der Waals surface area (Å²) in [5.74, 6) is -0.939. The normalized spacial score (nSPS) is 12.3. The van der Waals surface area contributed by atoms with Gasteiger partial charge in [0.1, 0.15) is 0 Å². The van der Waals surface area contributed by atoms with Crippen molar-refractivity contribution < 1.29 is 44.6 Å². The van der Waals surface area contributed by atoms with Crippen molar-refractivity contribution in [1.29, 1.82) is 0 Å². The molecule has 0 aromatic carbocycles. The molecule has 3 nitrogen and oxygen atoms in total. The molecule has 1 unspecified atom stereocenters. The molecule has 0 aromatic rings. The fraction of sp³-hybridized carbons (Fsp3) is 0.833. The predicted octanol–water partition coefficient (Wildman–Crippen LogP) is 0.749. The van der Waals surface area contributed by atoms with Crippen LogP contribution in [0.5, 0.6) is 0 Å². The summed E-state index contributed by atoms with van der Waals surface area (Å²) in [7, 11) is 0. The van der Waals surface area contributed by atoms with Crippen LogP contribution in [-0.4, -0.2) is 17.2 Å². The molecule has 0 saturated carbocycles. The number of aliphatic hydroxyl groups is 1. The van der Waals surface area contributed by atoms with Gasteiger partial charge in [0.25, 0.3) is 0 Å². The number of carboxylic acid groups (broad SMARTS) is 1. The van der Waals surface area contributed by atoms with E-state index in [4.69, 9.17) is 0 Å². The minimum Gasteiger partial charge on any atom is -0.550 e. The smallest absolute Gasteiger partial charge is 0.550 e. The third-order valence-electron chi connectivity index (χ3n) is 3.72. The molecule has 0 radical (unpaired) electrons. The van der Waals surface area contributed by atoms with Crippen molar-refractivity contribution in [2.75, 3.05) is 0 Å². The molecule has 124 valence electrons. The topological polar surface area (TPSA) is 60.4 Å². The maximum atomic E-state index is 10.2. The Morgan fingerprint density at radius 2 is 1.64 bits per heavy atom. The van der Waals surface area contributed by atoms with Crippen LogP contribution in [0.3, 0.4) is 0 Å². The van der Waals surface area contributed by atoms with E-state index in [9.17, 15) is 15.0 Å². The Morgan fingerprint density at radius 3 is 2.32 bits per heavy atom. The first-order valence-electron chi connectivity index (χ1n) is 8.69. The molecule has 0 rings (SSSR count). The Bertz CT molecular complexity index is 267. The summed E-state index contributed by atoms with van der Waals surface area (Å²) in [6, 6.07) is 0. The number of hydrogen-bond donors (Lipinski definition) is 1. The average molecular weight is 320 g/mol. The zero-order chi connectivity index (χ0) is 15.8. The quantitative estimate of drug-likeness (QED) is 0.275. The summed E-state index contributed by atoms with van der Waals surface area (Å²) in [6.45, 7) is 2.20. The minimum absolute atomic E-state index is 0. The molecular weight excluding hydrogens is 287 g/mol. The fourth-order valence-electron chi connectivity index (χ4n) is 2.36. The zero-order valence-electron chi connectivity index (χ0n) is 14.7. The first-order valence-corrected chi connectivity index (χ1v) is 8.69. The van der Waals surface area contributed by atoms with Crippen LogP contribution in [0.4, 0.5) is 0 Å². The zero-order valence-corrected chi connectivity index (χ0v) is 16.7. The number of aliphatic hydroxyl groups excluding tert-OH is 1. The van der Waals surface area contributed by atoms with E-state index in [1.165, 1.54) is 19.3 Å². The third kappa shape index (κ3) is 20.2. The van der Waals surface area contributed by atoms with Crippen LogP contribution < -0.4 is 34.7 Å². The van der Waals surface area contributed by atoms with E-state index in [0.717, 1.165) is 57.8 Å². The van der Waals surface area contributed by atoms with Gasteiger partial charge in [-0.15, -0.1) is 0 Å². The molecule has 0 heterocycles. The minimum atomic E-state index is -0.939. The first-order chi connectivity index (χ1) is 10.2. The Balaban J connectivity index is 0. The molecule has 0 aliphatic heterocycles. The maximum Gasteiger partial charge on any atom is 1.00 e. The van der Waals surface area contributed by atoms with Gasteiger partial charge in [-0.05, 0) is 38.5 Å². The number of aliphatic carboxylic acids is 1. The summed E-state index contributed by atoms with van der Waals surface area (Å²) in [5, 5.41) is 20.0. The molecule has 0 aliphatic carbocycles. The van der Waals surface area contributed by atoms with Gasteiger partial charge in [0, 0.05) is 5.97 Å². The van der Waals surface area contributed by atoms with E-state index < -0.39 is 5.97 Å². The van der Waals surface area contributed by atoms with Crippen LogP contribution in [0.1, 0.15) is 90.4 Å². The van der Waals surface area contributed by atoms with Gasteiger partial charge in [0.2, 0.25) is 0 Å². The van der Waals surface area contributed by atoms with Crippen molar-refractivity contribution in [2.45, 2.75) is 96.5 Å². The SMILES string of the molecule is CCCCCCC(O)C/C=C/CCCCCCCC(=O)[O-].[Na+]. The molecule has 0 amide bonds. The predicted molar refractivity (Wildman–Crippen MR) is 85.8 cm³/mol. The summed E-state index contributed by atoms with van der Waals surface area (Å²) < 4.78 is 0. The Kier molecular flexibility index (Phi) is 21.3. The number of carboxylic acids is 1. The second-order valence-electron chi connectivity index (χ2n) is 5.89. The number of carbonyl (C=O) groups is 1. The molecule has 0 aromatic heterocycles. The van der Waals surface area contributed by atoms with Crippen LogP contribution in [0, 0.1) is 0 Å². The van der Waals surface area contributed by atoms with Crippen molar-refractivity contribution in [3.63, 3.8) is 0 Å². The molecular formula is C18H33NaO3. The molecule has 4 heteroatoms. The van der Waals surface area contributed by atoms with Gasteiger partial charge in [0.05, 0.1) is 6.10 Å². The van der Waals surface area contributed by atoms with E-state index in [1.54, 1.807) is 0 Å². The number of rotatable bonds is 15. The summed E-state index contributed by atoms with van der Waals surface area (Å²) in [5.41, 5.74) is 0. The standard InChI is InChI=1S/C18H34O3.Na/c1-2-3-4-11-14-17(19)15-12-9-7-5-6-8-10-13-16-18(20)21;/h9,12,17,19H,2-8,10-11,13-16H2,1H3,(H,20,21);/q;+1/p-1/b12-9+;. The van der Waals surface area contributed by atoms with Gasteiger partial charge in [0.15, 0.2) is 0 Å². The number of allylic oxidation sites excluding steroid dienone is 1. The molecule has 0 bridgehead atoms. The first kappa shape index (κ1) is 24.4.